The Morgan fingerprint density at radius 2 is 2.12 bits per heavy atom. The van der Waals surface area contributed by atoms with Crippen molar-refractivity contribution in [3.8, 4) is 5.75 Å². The predicted octanol–water partition coefficient (Wildman–Crippen LogP) is 2.54. The number of esters is 1. The van der Waals surface area contributed by atoms with Crippen LogP contribution in [0.1, 0.15) is 0 Å². The number of benzene rings is 1. The first-order valence-corrected chi connectivity index (χ1v) is 9.06. The van der Waals surface area contributed by atoms with Crippen LogP contribution in [0, 0.1) is 10.1 Å². The third-order valence-electron chi connectivity index (χ3n) is 2.86. The van der Waals surface area contributed by atoms with Crippen LogP contribution in [0.3, 0.4) is 0 Å². The molecule has 0 atom stereocenters. The number of non-ortho nitro benzene ring substituents is 1. The molecule has 0 aliphatic carbocycles. The summed E-state index contributed by atoms with van der Waals surface area (Å²) in [6.07, 6.45) is 0. The molecule has 128 valence electrons. The van der Waals surface area contributed by atoms with E-state index >= 15 is 0 Å². The summed E-state index contributed by atoms with van der Waals surface area (Å²) >= 11 is 6.84. The zero-order valence-electron chi connectivity index (χ0n) is 12.2. The first-order valence-electron chi connectivity index (χ1n) is 6.36. The zero-order chi connectivity index (χ0) is 17.9. The van der Waals surface area contributed by atoms with Crippen LogP contribution < -0.4 is 4.74 Å². The number of nitrogens with zero attached hydrogens (tertiary/aromatic N) is 2. The Labute approximate surface area is 146 Å². The van der Waals surface area contributed by atoms with Crippen LogP contribution in [-0.4, -0.2) is 37.2 Å². The molecule has 24 heavy (non-hydrogen) atoms. The number of rotatable bonds is 6. The Morgan fingerprint density at radius 3 is 2.67 bits per heavy atom. The summed E-state index contributed by atoms with van der Waals surface area (Å²) in [5.41, 5.74) is -0.253. The molecule has 11 heteroatoms. The first kappa shape index (κ1) is 18.3. The third-order valence-corrected chi connectivity index (χ3v) is 6.33. The van der Waals surface area contributed by atoms with E-state index in [0.29, 0.717) is 0 Å². The molecule has 0 fully saturated rings. The average molecular weight is 391 g/mol. The number of likely N-dealkylation sites (N-methyl/N-ethyl adjacent to an activating group) is 1. The van der Waals surface area contributed by atoms with Crippen molar-refractivity contribution < 1.29 is 22.9 Å². The summed E-state index contributed by atoms with van der Waals surface area (Å²) in [4.78, 5) is 21.9. The molecule has 0 amide bonds. The number of nitro benzene ring substituents is 1. The highest BCUT2D eigenvalue weighted by atomic mass is 35.5. The van der Waals surface area contributed by atoms with Gasteiger partial charge in [-0.2, -0.15) is 4.31 Å². The number of carbonyl (C=O) groups is 1. The van der Waals surface area contributed by atoms with Crippen LogP contribution in [0.5, 0.6) is 5.75 Å². The van der Waals surface area contributed by atoms with Gasteiger partial charge in [-0.3, -0.25) is 14.9 Å². The smallest absolute Gasteiger partial charge is 0.326 e. The van der Waals surface area contributed by atoms with Gasteiger partial charge in [0.15, 0.2) is 0 Å². The summed E-state index contributed by atoms with van der Waals surface area (Å²) in [5.74, 6) is -0.956. The second-order valence-electron chi connectivity index (χ2n) is 4.54. The number of hydrogen-bond donors (Lipinski definition) is 0. The van der Waals surface area contributed by atoms with E-state index in [1.165, 1.54) is 19.2 Å². The Kier molecular flexibility index (Phi) is 5.54. The minimum absolute atomic E-state index is 0.0887. The second-order valence-corrected chi connectivity index (χ2v) is 8.17. The minimum atomic E-state index is -3.78. The summed E-state index contributed by atoms with van der Waals surface area (Å²) in [5, 5.41) is 12.1. The summed E-state index contributed by atoms with van der Waals surface area (Å²) in [6.45, 7) is -0.534. The van der Waals surface area contributed by atoms with Gasteiger partial charge in [0.1, 0.15) is 16.5 Å². The summed E-state index contributed by atoms with van der Waals surface area (Å²) in [7, 11) is -2.54. The van der Waals surface area contributed by atoms with Crippen molar-refractivity contribution in [1.82, 2.24) is 4.31 Å². The Morgan fingerprint density at radius 1 is 1.42 bits per heavy atom. The monoisotopic (exact) mass is 390 g/mol. The highest BCUT2D eigenvalue weighted by Crippen LogP contribution is 2.29. The van der Waals surface area contributed by atoms with Gasteiger partial charge < -0.3 is 4.74 Å². The number of nitro groups is 1. The van der Waals surface area contributed by atoms with Gasteiger partial charge in [-0.15, -0.1) is 11.3 Å². The largest absolute Gasteiger partial charge is 0.424 e. The molecule has 0 saturated heterocycles. The standard InChI is InChI=1S/C13H11ClN2O6S2/c1-15(24(20,21)13-3-2-6-23-13)8-12(17)22-11-5-4-9(16(18)19)7-10(11)14/h2-7H,8H2,1H3. The molecule has 1 aromatic heterocycles. The van der Waals surface area contributed by atoms with E-state index in [1.54, 1.807) is 11.4 Å². The number of halogens is 1. The number of ether oxygens (including phenoxy) is 1. The molecule has 0 N–H and O–H groups in total. The van der Waals surface area contributed by atoms with Crippen molar-refractivity contribution in [2.75, 3.05) is 13.6 Å². The number of sulfonamides is 1. The van der Waals surface area contributed by atoms with Gasteiger partial charge in [0, 0.05) is 19.2 Å². The van der Waals surface area contributed by atoms with Crippen molar-refractivity contribution in [1.29, 1.82) is 0 Å². The molecule has 1 aromatic carbocycles. The molecule has 0 saturated carbocycles. The molecular weight excluding hydrogens is 380 g/mol. The van der Waals surface area contributed by atoms with Gasteiger partial charge in [0.2, 0.25) is 0 Å². The van der Waals surface area contributed by atoms with Crippen molar-refractivity contribution >= 4 is 44.6 Å². The van der Waals surface area contributed by atoms with Crippen molar-refractivity contribution in [3.05, 3.63) is 50.8 Å². The van der Waals surface area contributed by atoms with E-state index < -0.39 is 27.5 Å². The maximum Gasteiger partial charge on any atom is 0.326 e. The topological polar surface area (TPSA) is 107 Å². The molecule has 0 spiro atoms. The molecule has 0 aliphatic heterocycles. The van der Waals surface area contributed by atoms with Crippen molar-refractivity contribution in [2.24, 2.45) is 0 Å². The van der Waals surface area contributed by atoms with Gasteiger partial charge in [-0.1, -0.05) is 17.7 Å². The normalized spacial score (nSPS) is 11.5. The van der Waals surface area contributed by atoms with Crippen molar-refractivity contribution in [2.45, 2.75) is 4.21 Å². The molecular formula is C13H11ClN2O6S2. The Hall–Kier alpha value is -2.01. The fourth-order valence-corrected chi connectivity index (χ4v) is 4.20. The second kappa shape index (κ2) is 7.26. The fraction of sp³-hybridized carbons (Fsp3) is 0.154. The van der Waals surface area contributed by atoms with E-state index in [4.69, 9.17) is 16.3 Å². The third kappa shape index (κ3) is 4.09. The Bertz CT molecular complexity index is 867. The van der Waals surface area contributed by atoms with Gasteiger partial charge in [-0.05, 0) is 17.5 Å². The average Bonchev–Trinajstić information content (AvgIpc) is 3.04. The zero-order valence-corrected chi connectivity index (χ0v) is 14.6. The van der Waals surface area contributed by atoms with Crippen LogP contribution in [0.2, 0.25) is 5.02 Å². The van der Waals surface area contributed by atoms with E-state index in [0.717, 1.165) is 27.8 Å². The number of thiophene rings is 1. The van der Waals surface area contributed by atoms with Crippen molar-refractivity contribution in [3.63, 3.8) is 0 Å². The van der Waals surface area contributed by atoms with E-state index in [-0.39, 0.29) is 20.7 Å². The molecule has 2 rings (SSSR count). The lowest BCUT2D eigenvalue weighted by Crippen LogP contribution is -2.33. The van der Waals surface area contributed by atoms with E-state index in [1.807, 2.05) is 0 Å². The minimum Gasteiger partial charge on any atom is -0.424 e. The van der Waals surface area contributed by atoms with Crippen LogP contribution in [0.15, 0.2) is 39.9 Å². The van der Waals surface area contributed by atoms with Crippen LogP contribution >= 0.6 is 22.9 Å². The quantitative estimate of drug-likeness (QED) is 0.324. The van der Waals surface area contributed by atoms with Gasteiger partial charge in [0.05, 0.1) is 9.95 Å². The van der Waals surface area contributed by atoms with Crippen LogP contribution in [0.4, 0.5) is 5.69 Å². The maximum atomic E-state index is 12.2. The van der Waals surface area contributed by atoms with Crippen LogP contribution in [-0.2, 0) is 14.8 Å². The fourth-order valence-electron chi connectivity index (χ4n) is 1.67. The van der Waals surface area contributed by atoms with Gasteiger partial charge >= 0.3 is 5.97 Å². The van der Waals surface area contributed by atoms with Crippen LogP contribution in [0.25, 0.3) is 0 Å². The molecule has 0 unspecified atom stereocenters. The molecule has 0 bridgehead atoms. The SMILES string of the molecule is CN(CC(=O)Oc1ccc([N+](=O)[O-])cc1Cl)S(=O)(=O)c1cccs1. The molecule has 0 radical (unpaired) electrons. The lowest BCUT2D eigenvalue weighted by Gasteiger charge is -2.15. The Balaban J connectivity index is 2.07. The number of carbonyl (C=O) groups excluding carboxylic acids is 1. The highest BCUT2D eigenvalue weighted by Gasteiger charge is 2.25. The highest BCUT2D eigenvalue weighted by molar-refractivity contribution is 7.91. The molecule has 1 heterocycles. The maximum absolute atomic E-state index is 12.2. The van der Waals surface area contributed by atoms with E-state index in [2.05, 4.69) is 0 Å². The molecule has 8 nitrogen and oxygen atoms in total. The van der Waals surface area contributed by atoms with Gasteiger partial charge in [-0.25, -0.2) is 8.42 Å². The lowest BCUT2D eigenvalue weighted by atomic mass is 10.3. The predicted molar refractivity (Wildman–Crippen MR) is 87.9 cm³/mol. The van der Waals surface area contributed by atoms with E-state index in [9.17, 15) is 23.3 Å². The molecule has 0 aliphatic rings. The summed E-state index contributed by atoms with van der Waals surface area (Å²) < 4.78 is 30.3. The number of hydrogen-bond acceptors (Lipinski definition) is 7. The summed E-state index contributed by atoms with van der Waals surface area (Å²) in [6, 6.07) is 6.35. The first-order chi connectivity index (χ1) is 11.2. The molecule has 2 aromatic rings. The van der Waals surface area contributed by atoms with Gasteiger partial charge in [0.25, 0.3) is 15.7 Å². The lowest BCUT2D eigenvalue weighted by molar-refractivity contribution is -0.384.